The lowest BCUT2D eigenvalue weighted by Crippen LogP contribution is -2.29. The molecule has 4 aromatic rings. The fourth-order valence-corrected chi connectivity index (χ4v) is 5.37. The molecule has 1 atom stereocenters. The number of aromatic nitrogens is 1. The van der Waals surface area contributed by atoms with Crippen LogP contribution in [-0.2, 0) is 9.59 Å². The summed E-state index contributed by atoms with van der Waals surface area (Å²) in [7, 11) is 1.60. The number of carbonyl (C=O) groups excluding carboxylic acids is 2. The van der Waals surface area contributed by atoms with E-state index in [1.165, 1.54) is 16.2 Å². The van der Waals surface area contributed by atoms with Gasteiger partial charge in [0.1, 0.15) is 11.5 Å². The van der Waals surface area contributed by atoms with Gasteiger partial charge in [-0.3, -0.25) is 14.5 Å². The molecule has 1 saturated heterocycles. The molecule has 5 rings (SSSR count). The van der Waals surface area contributed by atoms with Gasteiger partial charge in [-0.25, -0.2) is 4.98 Å². The third-order valence-corrected chi connectivity index (χ3v) is 7.46. The average molecular weight is 505 g/mol. The van der Waals surface area contributed by atoms with Crippen molar-refractivity contribution in [2.45, 2.75) is 19.9 Å². The van der Waals surface area contributed by atoms with Crippen LogP contribution < -0.4 is 9.64 Å². The average Bonchev–Trinajstić information content (AvgIpc) is 3.32. The summed E-state index contributed by atoms with van der Waals surface area (Å²) in [5, 5.41) is 14.0. The van der Waals surface area contributed by atoms with E-state index in [4.69, 9.17) is 16.3 Å². The van der Waals surface area contributed by atoms with Gasteiger partial charge in [0.2, 0.25) is 0 Å². The summed E-state index contributed by atoms with van der Waals surface area (Å²) in [5.41, 5.74) is 1.81. The first-order valence-electron chi connectivity index (χ1n) is 10.9. The number of hydrogen-bond acceptors (Lipinski definition) is 6. The number of nitrogens with zero attached hydrogens (tertiary/aromatic N) is 2. The molecule has 1 N–H and O–H groups in total. The molecule has 176 valence electrons. The van der Waals surface area contributed by atoms with E-state index in [2.05, 4.69) is 4.98 Å². The lowest BCUT2D eigenvalue weighted by molar-refractivity contribution is -0.132. The number of fused-ring (bicyclic) bond motifs is 1. The minimum atomic E-state index is -0.870. The van der Waals surface area contributed by atoms with Crippen molar-refractivity contribution in [2.24, 2.45) is 0 Å². The number of halogens is 1. The summed E-state index contributed by atoms with van der Waals surface area (Å²) < 4.78 is 5.28. The van der Waals surface area contributed by atoms with Crippen LogP contribution in [0.3, 0.4) is 0 Å². The van der Waals surface area contributed by atoms with Crippen LogP contribution in [0.25, 0.3) is 16.5 Å². The normalized spacial score (nSPS) is 17.4. The maximum atomic E-state index is 13.3. The Morgan fingerprint density at radius 1 is 1.06 bits per heavy atom. The van der Waals surface area contributed by atoms with E-state index in [0.29, 0.717) is 21.3 Å². The van der Waals surface area contributed by atoms with Crippen molar-refractivity contribution in [1.82, 2.24) is 4.98 Å². The van der Waals surface area contributed by atoms with Crippen molar-refractivity contribution >= 4 is 56.3 Å². The van der Waals surface area contributed by atoms with Gasteiger partial charge in [0.05, 0.1) is 24.4 Å². The molecule has 2 heterocycles. The highest BCUT2D eigenvalue weighted by Crippen LogP contribution is 2.44. The van der Waals surface area contributed by atoms with Gasteiger partial charge in [-0.05, 0) is 60.5 Å². The van der Waals surface area contributed by atoms with Gasteiger partial charge in [0, 0.05) is 15.5 Å². The number of carbonyl (C=O) groups is 2. The van der Waals surface area contributed by atoms with Crippen LogP contribution in [-0.4, -0.2) is 28.9 Å². The van der Waals surface area contributed by atoms with Crippen LogP contribution in [0, 0.1) is 13.8 Å². The maximum absolute atomic E-state index is 13.3. The Balaban J connectivity index is 1.71. The van der Waals surface area contributed by atoms with Gasteiger partial charge in [0.15, 0.2) is 5.13 Å². The van der Waals surface area contributed by atoms with E-state index >= 15 is 0 Å². The van der Waals surface area contributed by atoms with E-state index in [9.17, 15) is 14.7 Å². The summed E-state index contributed by atoms with van der Waals surface area (Å²) in [6.07, 6.45) is 0. The van der Waals surface area contributed by atoms with Crippen LogP contribution in [0.1, 0.15) is 27.7 Å². The molecule has 1 amide bonds. The number of ketones is 1. The second kappa shape index (κ2) is 8.83. The Labute approximate surface area is 211 Å². The zero-order valence-electron chi connectivity index (χ0n) is 19.2. The standard InChI is InChI=1S/C27H21ClN2O4S/c1-14-15(2)35-27(29-14)30-23(18-5-4-6-20(28)12-18)22(25(32)26(30)33)24(31)19-8-7-17-13-21(34-3)10-9-16(17)11-19/h4-13,23,31H,1-3H3/b24-22+. The van der Waals surface area contributed by atoms with Gasteiger partial charge in [-0.1, -0.05) is 41.9 Å². The molecule has 8 heteroatoms. The molecule has 0 spiro atoms. The number of anilines is 1. The summed E-state index contributed by atoms with van der Waals surface area (Å²) in [4.78, 5) is 33.4. The first-order valence-corrected chi connectivity index (χ1v) is 12.1. The maximum Gasteiger partial charge on any atom is 0.301 e. The first-order chi connectivity index (χ1) is 16.8. The van der Waals surface area contributed by atoms with Crippen molar-refractivity contribution < 1.29 is 19.4 Å². The monoisotopic (exact) mass is 504 g/mol. The fourth-order valence-electron chi connectivity index (χ4n) is 4.23. The van der Waals surface area contributed by atoms with Gasteiger partial charge >= 0.3 is 5.91 Å². The van der Waals surface area contributed by atoms with Crippen molar-refractivity contribution in [1.29, 1.82) is 0 Å². The highest BCUT2D eigenvalue weighted by Gasteiger charge is 2.48. The Hall–Kier alpha value is -3.68. The molecular formula is C27H21ClN2O4S. The quantitative estimate of drug-likeness (QED) is 0.203. The topological polar surface area (TPSA) is 79.7 Å². The predicted octanol–water partition coefficient (Wildman–Crippen LogP) is 6.20. The van der Waals surface area contributed by atoms with Crippen LogP contribution in [0.5, 0.6) is 5.75 Å². The zero-order chi connectivity index (χ0) is 24.9. The van der Waals surface area contributed by atoms with Crippen LogP contribution in [0.15, 0.2) is 66.2 Å². The van der Waals surface area contributed by atoms with E-state index in [0.717, 1.165) is 27.1 Å². The summed E-state index contributed by atoms with van der Waals surface area (Å²) >= 11 is 7.59. The molecule has 0 bridgehead atoms. The molecule has 1 aliphatic rings. The van der Waals surface area contributed by atoms with Crippen LogP contribution in [0.4, 0.5) is 5.13 Å². The minimum Gasteiger partial charge on any atom is -0.507 e. The number of amides is 1. The molecule has 6 nitrogen and oxygen atoms in total. The number of thiazole rings is 1. The zero-order valence-corrected chi connectivity index (χ0v) is 20.8. The summed E-state index contributed by atoms with van der Waals surface area (Å²) in [6, 6.07) is 17.0. The van der Waals surface area contributed by atoms with Crippen molar-refractivity contribution in [3.8, 4) is 5.75 Å². The molecule has 0 radical (unpaired) electrons. The number of rotatable bonds is 4. The highest BCUT2D eigenvalue weighted by atomic mass is 35.5. The molecular weight excluding hydrogens is 484 g/mol. The van der Waals surface area contributed by atoms with Crippen LogP contribution in [0.2, 0.25) is 5.02 Å². The smallest absolute Gasteiger partial charge is 0.301 e. The molecule has 0 saturated carbocycles. The number of aliphatic hydroxyl groups excluding tert-OH is 1. The second-order valence-corrected chi connectivity index (χ2v) is 9.91. The van der Waals surface area contributed by atoms with Crippen molar-refractivity contribution in [3.05, 3.63) is 93.0 Å². The summed E-state index contributed by atoms with van der Waals surface area (Å²) in [5.74, 6) is -1.04. The molecule has 0 aliphatic carbocycles. The number of Topliss-reactive ketones (excluding diaryl/α,β-unsaturated/α-hetero) is 1. The van der Waals surface area contributed by atoms with E-state index in [-0.39, 0.29) is 11.3 Å². The third kappa shape index (κ3) is 3.96. The van der Waals surface area contributed by atoms with Gasteiger partial charge in [-0.2, -0.15) is 0 Å². The van der Waals surface area contributed by atoms with E-state index in [1.54, 1.807) is 43.5 Å². The fraction of sp³-hybridized carbons (Fsp3) is 0.148. The van der Waals surface area contributed by atoms with E-state index in [1.807, 2.05) is 38.1 Å². The number of aliphatic hydroxyl groups is 1. The Kier molecular flexibility index (Phi) is 5.83. The number of ether oxygens (including phenoxy) is 1. The SMILES string of the molecule is COc1ccc2cc(/C(O)=C3\C(=O)C(=O)N(c4nc(C)c(C)s4)C3c3cccc(Cl)c3)ccc2c1. The molecule has 1 fully saturated rings. The highest BCUT2D eigenvalue weighted by molar-refractivity contribution is 7.16. The van der Waals surface area contributed by atoms with Gasteiger partial charge < -0.3 is 9.84 Å². The Morgan fingerprint density at radius 3 is 2.49 bits per heavy atom. The minimum absolute atomic E-state index is 0.00404. The van der Waals surface area contributed by atoms with E-state index < -0.39 is 17.7 Å². The largest absolute Gasteiger partial charge is 0.507 e. The number of benzene rings is 3. The molecule has 1 unspecified atom stereocenters. The molecule has 1 aromatic heterocycles. The molecule has 1 aliphatic heterocycles. The lowest BCUT2D eigenvalue weighted by atomic mass is 9.94. The van der Waals surface area contributed by atoms with Crippen molar-refractivity contribution in [3.63, 3.8) is 0 Å². The number of hydrogen-bond donors (Lipinski definition) is 1. The van der Waals surface area contributed by atoms with Gasteiger partial charge in [0.25, 0.3) is 5.78 Å². The number of aryl methyl sites for hydroxylation is 2. The molecule has 3 aromatic carbocycles. The second-order valence-electron chi connectivity index (χ2n) is 8.29. The number of methoxy groups -OCH3 is 1. The predicted molar refractivity (Wildman–Crippen MR) is 138 cm³/mol. The Morgan fingerprint density at radius 2 is 1.80 bits per heavy atom. The Bertz CT molecular complexity index is 1520. The summed E-state index contributed by atoms with van der Waals surface area (Å²) in [6.45, 7) is 3.76. The van der Waals surface area contributed by atoms with Gasteiger partial charge in [-0.15, -0.1) is 11.3 Å². The van der Waals surface area contributed by atoms with Crippen molar-refractivity contribution in [2.75, 3.05) is 12.0 Å². The first kappa shape index (κ1) is 23.1. The van der Waals surface area contributed by atoms with Crippen LogP contribution >= 0.6 is 22.9 Å². The lowest BCUT2D eigenvalue weighted by Gasteiger charge is -2.23. The third-order valence-electron chi connectivity index (χ3n) is 6.15. The molecule has 35 heavy (non-hydrogen) atoms.